The van der Waals surface area contributed by atoms with Gasteiger partial charge in [0, 0.05) is 12.5 Å². The smallest absolute Gasteiger partial charge is 0.407 e. The van der Waals surface area contributed by atoms with Gasteiger partial charge >= 0.3 is 6.09 Å². The van der Waals surface area contributed by atoms with Crippen molar-refractivity contribution in [3.63, 3.8) is 0 Å². The van der Waals surface area contributed by atoms with Crippen LogP contribution >= 0.6 is 0 Å². The van der Waals surface area contributed by atoms with Gasteiger partial charge in [-0.05, 0) is 24.1 Å². The summed E-state index contributed by atoms with van der Waals surface area (Å²) in [4.78, 5) is 23.8. The number of alkyl halides is 1. The number of hydrogen-bond acceptors (Lipinski definition) is 4. The lowest BCUT2D eigenvalue weighted by Crippen LogP contribution is -2.43. The number of ketones is 1. The lowest BCUT2D eigenvalue weighted by atomic mass is 9.87. The number of likely N-dealkylation sites (tertiary alicyclic amines) is 1. The van der Waals surface area contributed by atoms with Gasteiger partial charge in [-0.1, -0.05) is 6.07 Å². The third-order valence-electron chi connectivity index (χ3n) is 4.01. The van der Waals surface area contributed by atoms with E-state index in [-0.39, 0.29) is 30.9 Å². The Labute approximate surface area is 133 Å². The second kappa shape index (κ2) is 7.09. The number of nitrogens with zero attached hydrogens (tertiary/aromatic N) is 2. The van der Waals surface area contributed by atoms with E-state index >= 15 is 0 Å². The van der Waals surface area contributed by atoms with E-state index in [1.807, 2.05) is 0 Å². The lowest BCUT2D eigenvalue weighted by molar-refractivity contribution is 0.0959. The van der Waals surface area contributed by atoms with E-state index in [4.69, 9.17) is 15.1 Å². The molecular formula is C16H17FN2O4. The van der Waals surface area contributed by atoms with Crippen molar-refractivity contribution in [3.8, 4) is 11.8 Å². The summed E-state index contributed by atoms with van der Waals surface area (Å²) in [6, 6.07) is 6.56. The van der Waals surface area contributed by atoms with Crippen molar-refractivity contribution in [1.82, 2.24) is 4.90 Å². The number of carbonyl (C=O) groups is 2. The number of nitriles is 1. The Morgan fingerprint density at radius 3 is 2.83 bits per heavy atom. The van der Waals surface area contributed by atoms with E-state index < -0.39 is 18.2 Å². The van der Waals surface area contributed by atoms with E-state index in [0.717, 1.165) is 4.90 Å². The van der Waals surface area contributed by atoms with Gasteiger partial charge in [-0.25, -0.2) is 9.18 Å². The number of amides is 1. The molecule has 0 bridgehead atoms. The van der Waals surface area contributed by atoms with Gasteiger partial charge in [0.2, 0.25) is 0 Å². The van der Waals surface area contributed by atoms with Crippen molar-refractivity contribution >= 4 is 11.9 Å². The second-order valence-corrected chi connectivity index (χ2v) is 5.36. The highest BCUT2D eigenvalue weighted by atomic mass is 19.1. The average Bonchev–Trinajstić information content (AvgIpc) is 2.54. The first-order chi connectivity index (χ1) is 11.0. The maximum atomic E-state index is 14.3. The maximum absolute atomic E-state index is 14.3. The summed E-state index contributed by atoms with van der Waals surface area (Å²) in [7, 11) is 1.40. The molecular weight excluding hydrogens is 303 g/mol. The number of halogens is 1. The molecule has 2 rings (SSSR count). The molecule has 1 fully saturated rings. The minimum Gasteiger partial charge on any atom is -0.496 e. The molecule has 1 aromatic rings. The zero-order chi connectivity index (χ0) is 17.0. The fourth-order valence-corrected chi connectivity index (χ4v) is 2.79. The minimum absolute atomic E-state index is 0.169. The highest BCUT2D eigenvalue weighted by Crippen LogP contribution is 2.34. The first-order valence-electron chi connectivity index (χ1n) is 7.18. The molecule has 122 valence electrons. The van der Waals surface area contributed by atoms with Crippen LogP contribution in [0.3, 0.4) is 0 Å². The third kappa shape index (κ3) is 3.59. The van der Waals surface area contributed by atoms with Crippen molar-refractivity contribution < 1.29 is 23.8 Å². The molecule has 2 atom stereocenters. The quantitative estimate of drug-likeness (QED) is 0.861. The molecule has 1 aliphatic rings. The predicted molar refractivity (Wildman–Crippen MR) is 79.4 cm³/mol. The molecule has 6 nitrogen and oxygen atoms in total. The van der Waals surface area contributed by atoms with Crippen LogP contribution in [0.15, 0.2) is 18.2 Å². The molecule has 1 N–H and O–H groups in total. The van der Waals surface area contributed by atoms with Gasteiger partial charge in [-0.15, -0.1) is 0 Å². The zero-order valence-electron chi connectivity index (χ0n) is 12.7. The number of methoxy groups -OCH3 is 1. The highest BCUT2D eigenvalue weighted by Gasteiger charge is 2.33. The average molecular weight is 320 g/mol. The Hall–Kier alpha value is -2.62. The van der Waals surface area contributed by atoms with Gasteiger partial charge in [0.1, 0.15) is 11.9 Å². The lowest BCUT2D eigenvalue weighted by Gasteiger charge is -2.33. The minimum atomic E-state index is -1.31. The highest BCUT2D eigenvalue weighted by molar-refractivity contribution is 5.99. The van der Waals surface area contributed by atoms with Crippen LogP contribution in [0.2, 0.25) is 0 Å². The summed E-state index contributed by atoms with van der Waals surface area (Å²) < 4.78 is 19.5. The monoisotopic (exact) mass is 320 g/mol. The number of carbonyl (C=O) groups excluding carboxylic acids is 1. The van der Waals surface area contributed by atoms with Crippen LogP contribution in [0.25, 0.3) is 0 Å². The molecule has 1 amide bonds. The van der Waals surface area contributed by atoms with Crippen molar-refractivity contribution in [2.24, 2.45) is 0 Å². The van der Waals surface area contributed by atoms with Gasteiger partial charge < -0.3 is 14.7 Å². The second-order valence-electron chi connectivity index (χ2n) is 5.36. The molecule has 0 aliphatic carbocycles. The fourth-order valence-electron chi connectivity index (χ4n) is 2.79. The van der Waals surface area contributed by atoms with Crippen molar-refractivity contribution in [2.45, 2.75) is 24.9 Å². The van der Waals surface area contributed by atoms with Crippen LogP contribution < -0.4 is 4.74 Å². The van der Waals surface area contributed by atoms with Crippen molar-refractivity contribution in [2.75, 3.05) is 20.2 Å². The molecule has 0 spiro atoms. The van der Waals surface area contributed by atoms with Crippen LogP contribution in [0, 0.1) is 11.3 Å². The van der Waals surface area contributed by atoms with Crippen LogP contribution in [0.5, 0.6) is 5.75 Å². The predicted octanol–water partition coefficient (Wildman–Crippen LogP) is 2.60. The molecule has 0 radical (unpaired) electrons. The molecule has 7 heteroatoms. The Morgan fingerprint density at radius 1 is 1.52 bits per heavy atom. The molecule has 0 aromatic heterocycles. The summed E-state index contributed by atoms with van der Waals surface area (Å²) in [5.41, 5.74) is 0.948. The number of hydrogen-bond donors (Lipinski definition) is 1. The topological polar surface area (TPSA) is 90.6 Å². The third-order valence-corrected chi connectivity index (χ3v) is 4.01. The number of carboxylic acid groups (broad SMARTS) is 1. The molecule has 0 saturated carbocycles. The van der Waals surface area contributed by atoms with E-state index in [0.29, 0.717) is 17.7 Å². The summed E-state index contributed by atoms with van der Waals surface area (Å²) >= 11 is 0. The number of piperidine rings is 1. The van der Waals surface area contributed by atoms with Crippen LogP contribution in [-0.2, 0) is 0 Å². The SMILES string of the molecule is COc1cc(C2CCN(C(=O)O)CC2F)ccc1C(=O)CC#N. The number of benzene rings is 1. The van der Waals surface area contributed by atoms with E-state index in [1.165, 1.54) is 13.2 Å². The Balaban J connectivity index is 2.23. The molecule has 23 heavy (non-hydrogen) atoms. The maximum Gasteiger partial charge on any atom is 0.407 e. The van der Waals surface area contributed by atoms with Crippen molar-refractivity contribution in [3.05, 3.63) is 29.3 Å². The van der Waals surface area contributed by atoms with Gasteiger partial charge in [-0.3, -0.25) is 4.79 Å². The summed E-state index contributed by atoms with van der Waals surface area (Å²) in [5.74, 6) is -0.497. The van der Waals surface area contributed by atoms with Gasteiger partial charge in [-0.2, -0.15) is 5.26 Å². The summed E-state index contributed by atoms with van der Waals surface area (Å²) in [6.07, 6.45) is -2.33. The first kappa shape index (κ1) is 16.7. The van der Waals surface area contributed by atoms with Crippen LogP contribution in [-0.4, -0.2) is 48.3 Å². The molecule has 1 saturated heterocycles. The Morgan fingerprint density at radius 2 is 2.26 bits per heavy atom. The standard InChI is InChI=1S/C16H17FN2O4/c1-23-15-8-10(2-3-12(15)14(20)4-6-18)11-5-7-19(16(21)22)9-13(11)17/h2-3,8,11,13H,4-5,7,9H2,1H3,(H,21,22). The van der Waals surface area contributed by atoms with E-state index in [2.05, 4.69) is 0 Å². The van der Waals surface area contributed by atoms with Crippen LogP contribution in [0.4, 0.5) is 9.18 Å². The molecule has 2 unspecified atom stereocenters. The fraction of sp³-hybridized carbons (Fsp3) is 0.438. The van der Waals surface area contributed by atoms with Crippen molar-refractivity contribution in [1.29, 1.82) is 5.26 Å². The first-order valence-corrected chi connectivity index (χ1v) is 7.18. The zero-order valence-corrected chi connectivity index (χ0v) is 12.7. The van der Waals surface area contributed by atoms with Gasteiger partial charge in [0.05, 0.1) is 31.7 Å². The largest absolute Gasteiger partial charge is 0.496 e. The van der Waals surface area contributed by atoms with Gasteiger partial charge in [0.25, 0.3) is 0 Å². The Bertz CT molecular complexity index is 656. The number of Topliss-reactive ketones (excluding diaryl/α,β-unsaturated/α-hetero) is 1. The van der Waals surface area contributed by atoms with Crippen LogP contribution in [0.1, 0.15) is 34.7 Å². The molecule has 1 aliphatic heterocycles. The molecule has 1 heterocycles. The molecule has 1 aromatic carbocycles. The summed E-state index contributed by atoms with van der Waals surface area (Å²) in [5, 5.41) is 17.5. The van der Waals surface area contributed by atoms with E-state index in [1.54, 1.807) is 18.2 Å². The summed E-state index contributed by atoms with van der Waals surface area (Å²) in [6.45, 7) is 0.0925. The Kier molecular flexibility index (Phi) is 5.16. The van der Waals surface area contributed by atoms with E-state index in [9.17, 15) is 14.0 Å². The van der Waals surface area contributed by atoms with Gasteiger partial charge in [0.15, 0.2) is 5.78 Å². The number of ether oxygens (including phenoxy) is 1. The number of rotatable bonds is 4. The normalized spacial score (nSPS) is 20.7.